The Hall–Kier alpha value is -2.74. The third-order valence-electron chi connectivity index (χ3n) is 5.97. The van der Waals surface area contributed by atoms with Crippen molar-refractivity contribution in [3.63, 3.8) is 0 Å². The van der Waals surface area contributed by atoms with Crippen LogP contribution in [0.4, 0.5) is 0 Å². The van der Waals surface area contributed by atoms with Gasteiger partial charge in [0.25, 0.3) is 5.56 Å². The first-order valence-corrected chi connectivity index (χ1v) is 9.57. The Kier molecular flexibility index (Phi) is 4.89. The van der Waals surface area contributed by atoms with E-state index < -0.39 is 12.6 Å². The van der Waals surface area contributed by atoms with Crippen LogP contribution in [0.25, 0.3) is 11.0 Å². The number of piperidine rings is 1. The number of hydrogen-bond donors (Lipinski definition) is 1. The standard InChI is InChI=1S/C20H24N4O4/c1-12(22-28-11-18(25)26)19-20(27)24(17-6-4-3-5-16(17)21-19)15-9-13-7-8-14(10-15)23(13)2/h3-6,13-15H,7-11H2,1-2H3,(H,25,26)/t13-,14+,15?. The zero-order chi connectivity index (χ0) is 19.8. The van der Waals surface area contributed by atoms with Crippen LogP contribution in [0.2, 0.25) is 0 Å². The van der Waals surface area contributed by atoms with Gasteiger partial charge >= 0.3 is 5.97 Å². The van der Waals surface area contributed by atoms with E-state index in [2.05, 4.69) is 22.1 Å². The topological polar surface area (TPSA) is 97.0 Å². The van der Waals surface area contributed by atoms with Crippen molar-refractivity contribution >= 4 is 22.7 Å². The average Bonchev–Trinajstić information content (AvgIpc) is 2.88. The molecule has 2 aliphatic rings. The number of carboxylic acid groups (broad SMARTS) is 1. The number of rotatable bonds is 5. The minimum Gasteiger partial charge on any atom is -0.479 e. The van der Waals surface area contributed by atoms with E-state index in [4.69, 9.17) is 9.94 Å². The summed E-state index contributed by atoms with van der Waals surface area (Å²) in [4.78, 5) is 35.8. The quantitative estimate of drug-likeness (QED) is 0.626. The number of carboxylic acids is 1. The van der Waals surface area contributed by atoms with Gasteiger partial charge in [0.15, 0.2) is 5.69 Å². The lowest BCUT2D eigenvalue weighted by atomic mass is 9.97. The van der Waals surface area contributed by atoms with Crippen LogP contribution in [-0.2, 0) is 9.63 Å². The summed E-state index contributed by atoms with van der Waals surface area (Å²) in [6.07, 6.45) is 4.22. The molecule has 0 aliphatic carbocycles. The molecule has 0 radical (unpaired) electrons. The molecule has 2 aliphatic heterocycles. The predicted molar refractivity (Wildman–Crippen MR) is 105 cm³/mol. The van der Waals surface area contributed by atoms with Crippen LogP contribution in [0.5, 0.6) is 0 Å². The number of oxime groups is 1. The highest BCUT2D eigenvalue weighted by atomic mass is 16.6. The second kappa shape index (κ2) is 7.35. The number of carbonyl (C=O) groups is 1. The molecule has 1 unspecified atom stereocenters. The van der Waals surface area contributed by atoms with Gasteiger partial charge in [0.2, 0.25) is 6.61 Å². The van der Waals surface area contributed by atoms with Crippen LogP contribution >= 0.6 is 0 Å². The Labute approximate surface area is 162 Å². The molecule has 2 aromatic rings. The Morgan fingerprint density at radius 1 is 1.25 bits per heavy atom. The lowest BCUT2D eigenvalue weighted by Gasteiger charge is -2.37. The molecule has 1 aromatic carbocycles. The molecule has 2 saturated heterocycles. The number of hydrogen-bond acceptors (Lipinski definition) is 6. The number of aliphatic carboxylic acids is 1. The highest BCUT2D eigenvalue weighted by Gasteiger charge is 2.39. The van der Waals surface area contributed by atoms with Crippen molar-refractivity contribution < 1.29 is 14.7 Å². The van der Waals surface area contributed by atoms with Gasteiger partial charge in [0.05, 0.1) is 11.0 Å². The fraction of sp³-hybridized carbons (Fsp3) is 0.500. The van der Waals surface area contributed by atoms with Gasteiger partial charge in [-0.1, -0.05) is 17.3 Å². The highest BCUT2D eigenvalue weighted by Crippen LogP contribution is 2.40. The zero-order valence-electron chi connectivity index (χ0n) is 16.0. The van der Waals surface area contributed by atoms with Crippen LogP contribution in [0.15, 0.2) is 34.2 Å². The number of benzene rings is 1. The monoisotopic (exact) mass is 384 g/mol. The van der Waals surface area contributed by atoms with E-state index in [1.807, 2.05) is 28.8 Å². The molecule has 8 heteroatoms. The summed E-state index contributed by atoms with van der Waals surface area (Å²) in [5, 5.41) is 12.5. The lowest BCUT2D eigenvalue weighted by molar-refractivity contribution is -0.142. The van der Waals surface area contributed by atoms with Gasteiger partial charge in [-0.3, -0.25) is 4.79 Å². The van der Waals surface area contributed by atoms with Crippen molar-refractivity contribution in [1.82, 2.24) is 14.5 Å². The van der Waals surface area contributed by atoms with Crippen molar-refractivity contribution in [2.45, 2.75) is 50.7 Å². The smallest absolute Gasteiger partial charge is 0.344 e. The molecule has 2 fully saturated rings. The summed E-state index contributed by atoms with van der Waals surface area (Å²) in [5.41, 5.74) is 1.82. The SMILES string of the molecule is CC(=NOCC(=O)O)c1nc2ccccc2n(C2C[C@H]3CC[C@@H](C2)N3C)c1=O. The average molecular weight is 384 g/mol. The first-order valence-electron chi connectivity index (χ1n) is 9.57. The fourth-order valence-corrected chi connectivity index (χ4v) is 4.57. The van der Waals surface area contributed by atoms with Gasteiger partial charge < -0.3 is 19.4 Å². The van der Waals surface area contributed by atoms with E-state index in [0.717, 1.165) is 23.9 Å². The Morgan fingerprint density at radius 3 is 2.61 bits per heavy atom. The Balaban J connectivity index is 1.78. The molecule has 1 aromatic heterocycles. The second-order valence-electron chi connectivity index (χ2n) is 7.64. The first kappa shape index (κ1) is 18.6. The van der Waals surface area contributed by atoms with Gasteiger partial charge in [-0.2, -0.15) is 0 Å². The summed E-state index contributed by atoms with van der Waals surface area (Å²) in [6.45, 7) is 1.06. The van der Waals surface area contributed by atoms with E-state index in [9.17, 15) is 9.59 Å². The third-order valence-corrected chi connectivity index (χ3v) is 5.97. The molecule has 0 amide bonds. The summed E-state index contributed by atoms with van der Waals surface area (Å²) in [7, 11) is 2.17. The van der Waals surface area contributed by atoms with Crippen molar-refractivity contribution in [2.24, 2.45) is 5.16 Å². The minimum atomic E-state index is -1.12. The molecule has 148 valence electrons. The summed E-state index contributed by atoms with van der Waals surface area (Å²) < 4.78 is 1.87. The number of aromatic nitrogens is 2. The maximum absolute atomic E-state index is 13.4. The Morgan fingerprint density at radius 2 is 1.93 bits per heavy atom. The molecule has 2 bridgehead atoms. The first-order chi connectivity index (χ1) is 13.5. The fourth-order valence-electron chi connectivity index (χ4n) is 4.57. The maximum Gasteiger partial charge on any atom is 0.344 e. The van der Waals surface area contributed by atoms with E-state index in [1.54, 1.807) is 6.92 Å². The minimum absolute atomic E-state index is 0.112. The van der Waals surface area contributed by atoms with E-state index in [-0.39, 0.29) is 23.0 Å². The third kappa shape index (κ3) is 3.28. The molecular formula is C20H24N4O4. The second-order valence-corrected chi connectivity index (χ2v) is 7.64. The number of para-hydroxylation sites is 2. The van der Waals surface area contributed by atoms with Gasteiger partial charge in [0, 0.05) is 18.1 Å². The molecule has 28 heavy (non-hydrogen) atoms. The molecule has 3 atom stereocenters. The van der Waals surface area contributed by atoms with Gasteiger partial charge in [-0.05, 0) is 51.8 Å². The van der Waals surface area contributed by atoms with Crippen molar-refractivity contribution in [1.29, 1.82) is 0 Å². The Bertz CT molecular complexity index is 985. The van der Waals surface area contributed by atoms with Gasteiger partial charge in [-0.25, -0.2) is 9.78 Å². The van der Waals surface area contributed by atoms with E-state index >= 15 is 0 Å². The van der Waals surface area contributed by atoms with E-state index in [1.165, 1.54) is 12.8 Å². The molecule has 0 spiro atoms. The summed E-state index contributed by atoms with van der Waals surface area (Å²) in [5.74, 6) is -1.12. The van der Waals surface area contributed by atoms with Gasteiger partial charge in [-0.15, -0.1) is 0 Å². The number of fused-ring (bicyclic) bond motifs is 3. The van der Waals surface area contributed by atoms with Crippen LogP contribution in [-0.4, -0.2) is 57.0 Å². The van der Waals surface area contributed by atoms with Crippen LogP contribution in [0, 0.1) is 0 Å². The molecule has 3 heterocycles. The van der Waals surface area contributed by atoms with Crippen LogP contribution in [0.3, 0.4) is 0 Å². The lowest BCUT2D eigenvalue weighted by Crippen LogP contribution is -2.43. The molecule has 4 rings (SSSR count). The van der Waals surface area contributed by atoms with Crippen LogP contribution in [0.1, 0.15) is 44.3 Å². The zero-order valence-corrected chi connectivity index (χ0v) is 16.0. The normalized spacial score (nSPS) is 25.2. The molecule has 1 N–H and O–H groups in total. The highest BCUT2D eigenvalue weighted by molar-refractivity contribution is 5.97. The van der Waals surface area contributed by atoms with E-state index in [0.29, 0.717) is 12.1 Å². The molecule has 8 nitrogen and oxygen atoms in total. The summed E-state index contributed by atoms with van der Waals surface area (Å²) >= 11 is 0. The van der Waals surface area contributed by atoms with Crippen LogP contribution < -0.4 is 5.56 Å². The summed E-state index contributed by atoms with van der Waals surface area (Å²) in [6, 6.07) is 8.73. The maximum atomic E-state index is 13.4. The van der Waals surface area contributed by atoms with Crippen molar-refractivity contribution in [3.8, 4) is 0 Å². The van der Waals surface area contributed by atoms with Crippen molar-refractivity contribution in [2.75, 3.05) is 13.7 Å². The predicted octanol–water partition coefficient (Wildman–Crippen LogP) is 2.02. The molecule has 0 saturated carbocycles. The largest absolute Gasteiger partial charge is 0.479 e. The molecular weight excluding hydrogens is 360 g/mol. The number of nitrogens with zero attached hydrogens (tertiary/aromatic N) is 4. The van der Waals surface area contributed by atoms with Gasteiger partial charge in [0.1, 0.15) is 5.71 Å². The van der Waals surface area contributed by atoms with Crippen molar-refractivity contribution in [3.05, 3.63) is 40.3 Å².